The van der Waals surface area contributed by atoms with Crippen molar-refractivity contribution >= 4 is 23.7 Å². The Bertz CT molecular complexity index is 474. The zero-order chi connectivity index (χ0) is 16.4. The van der Waals surface area contributed by atoms with E-state index in [-0.39, 0.29) is 30.1 Å². The van der Waals surface area contributed by atoms with Gasteiger partial charge in [-0.1, -0.05) is 0 Å². The lowest BCUT2D eigenvalue weighted by atomic mass is 9.79. The van der Waals surface area contributed by atoms with Gasteiger partial charge in [-0.3, -0.25) is 4.90 Å². The summed E-state index contributed by atoms with van der Waals surface area (Å²) < 4.78 is 10.9. The van der Waals surface area contributed by atoms with Gasteiger partial charge in [-0.15, -0.1) is 23.7 Å². The molecule has 4 nitrogen and oxygen atoms in total. The third-order valence-corrected chi connectivity index (χ3v) is 5.38. The number of hydrogen-bond donors (Lipinski definition) is 1. The van der Waals surface area contributed by atoms with Crippen molar-refractivity contribution in [2.45, 2.75) is 64.1 Å². The molecular formula is C17H30ClNO3S. The highest BCUT2D eigenvalue weighted by Crippen LogP contribution is 2.38. The number of likely N-dealkylation sites (tertiary alicyclic amines) is 1. The molecule has 1 N–H and O–H groups in total. The van der Waals surface area contributed by atoms with E-state index in [1.807, 2.05) is 10.8 Å². The maximum atomic E-state index is 10.4. The first-order chi connectivity index (χ1) is 10.3. The molecule has 2 rings (SSSR count). The highest BCUT2D eigenvalue weighted by Gasteiger charge is 2.41. The summed E-state index contributed by atoms with van der Waals surface area (Å²) in [5.41, 5.74) is 0.228. The average Bonchev–Trinajstić information content (AvgIpc) is 2.87. The smallest absolute Gasteiger partial charge is 0.171 e. The van der Waals surface area contributed by atoms with Gasteiger partial charge in [-0.05, 0) is 47.0 Å². The number of β-amino-alcohol motifs (C(OH)–C–C–N with tert-alkyl or cyclic N) is 1. The number of halogens is 1. The maximum absolute atomic E-state index is 10.4. The van der Waals surface area contributed by atoms with E-state index >= 15 is 0 Å². The van der Waals surface area contributed by atoms with Crippen molar-refractivity contribution in [1.82, 2.24) is 4.90 Å². The quantitative estimate of drug-likeness (QED) is 0.830. The molecule has 6 heteroatoms. The Labute approximate surface area is 150 Å². The van der Waals surface area contributed by atoms with E-state index in [9.17, 15) is 5.11 Å². The number of aliphatic hydroxyl groups is 1. The largest absolute Gasteiger partial charge is 0.492 e. The predicted molar refractivity (Wildman–Crippen MR) is 98.3 cm³/mol. The van der Waals surface area contributed by atoms with E-state index in [4.69, 9.17) is 9.47 Å². The number of thiophene rings is 1. The number of nitrogens with zero attached hydrogens (tertiary/aromatic N) is 1. The summed E-state index contributed by atoms with van der Waals surface area (Å²) in [6.45, 7) is 9.99. The Morgan fingerprint density at radius 2 is 1.74 bits per heavy atom. The van der Waals surface area contributed by atoms with Crippen LogP contribution >= 0.6 is 23.7 Å². The Hall–Kier alpha value is -0.490. The fourth-order valence-corrected chi connectivity index (χ4v) is 4.23. The van der Waals surface area contributed by atoms with Crippen LogP contribution in [0.5, 0.6) is 11.5 Å². The minimum absolute atomic E-state index is 0. The van der Waals surface area contributed by atoms with Crippen molar-refractivity contribution in [3.8, 4) is 11.5 Å². The van der Waals surface area contributed by atoms with Crippen molar-refractivity contribution in [2.75, 3.05) is 20.3 Å². The zero-order valence-corrected chi connectivity index (χ0v) is 16.4. The molecule has 134 valence electrons. The van der Waals surface area contributed by atoms with E-state index in [0.29, 0.717) is 12.3 Å². The van der Waals surface area contributed by atoms with Crippen LogP contribution in [-0.2, 0) is 0 Å². The molecule has 1 atom stereocenters. The third-order valence-electron chi connectivity index (χ3n) is 4.68. The van der Waals surface area contributed by atoms with E-state index in [1.165, 1.54) is 30.6 Å². The second-order valence-electron chi connectivity index (χ2n) is 7.36. The van der Waals surface area contributed by atoms with Crippen molar-refractivity contribution in [2.24, 2.45) is 0 Å². The van der Waals surface area contributed by atoms with Gasteiger partial charge < -0.3 is 14.6 Å². The number of hydrogen-bond acceptors (Lipinski definition) is 5. The van der Waals surface area contributed by atoms with Crippen LogP contribution in [0.25, 0.3) is 0 Å². The maximum Gasteiger partial charge on any atom is 0.171 e. The van der Waals surface area contributed by atoms with Gasteiger partial charge in [0, 0.05) is 28.4 Å². The summed E-state index contributed by atoms with van der Waals surface area (Å²) in [5.74, 6) is 1.44. The van der Waals surface area contributed by atoms with Crippen LogP contribution in [0.15, 0.2) is 10.8 Å². The van der Waals surface area contributed by atoms with Crippen molar-refractivity contribution in [3.63, 3.8) is 0 Å². The molecule has 0 spiro atoms. The fraction of sp³-hybridized carbons (Fsp3) is 0.765. The molecule has 0 radical (unpaired) electrons. The molecule has 1 aromatic heterocycles. The first kappa shape index (κ1) is 20.6. The Balaban J connectivity index is 0.00000264. The molecule has 0 aromatic carbocycles. The van der Waals surface area contributed by atoms with Gasteiger partial charge in [0.1, 0.15) is 12.7 Å². The molecule has 0 aliphatic carbocycles. The summed E-state index contributed by atoms with van der Waals surface area (Å²) in [4.78, 5) is 2.43. The molecule has 0 saturated carbocycles. The van der Waals surface area contributed by atoms with Crippen molar-refractivity contribution in [3.05, 3.63) is 10.8 Å². The van der Waals surface area contributed by atoms with E-state index < -0.39 is 6.10 Å². The Morgan fingerprint density at radius 1 is 1.17 bits per heavy atom. The van der Waals surface area contributed by atoms with E-state index in [2.05, 4.69) is 32.6 Å². The molecule has 1 fully saturated rings. The molecular weight excluding hydrogens is 334 g/mol. The summed E-state index contributed by atoms with van der Waals surface area (Å²) in [5, 5.41) is 14.2. The van der Waals surface area contributed by atoms with Crippen LogP contribution in [0.1, 0.15) is 47.0 Å². The zero-order valence-electron chi connectivity index (χ0n) is 14.8. The number of rotatable bonds is 6. The summed E-state index contributed by atoms with van der Waals surface area (Å²) >= 11 is 1.54. The molecule has 0 bridgehead atoms. The Kier molecular flexibility index (Phi) is 7.20. The highest BCUT2D eigenvalue weighted by atomic mass is 35.5. The van der Waals surface area contributed by atoms with Crippen LogP contribution in [-0.4, -0.2) is 47.4 Å². The van der Waals surface area contributed by atoms with Gasteiger partial charge in [0.25, 0.3) is 0 Å². The molecule has 1 unspecified atom stereocenters. The van der Waals surface area contributed by atoms with Crippen LogP contribution in [0.2, 0.25) is 0 Å². The average molecular weight is 364 g/mol. The van der Waals surface area contributed by atoms with E-state index in [0.717, 1.165) is 5.75 Å². The molecule has 0 amide bonds. The lowest BCUT2D eigenvalue weighted by Crippen LogP contribution is -2.60. The van der Waals surface area contributed by atoms with Gasteiger partial charge in [-0.25, -0.2) is 0 Å². The SMILES string of the molecule is COc1cscc1OCC(O)CN1C(C)(C)CCCC1(C)C.Cl. The van der Waals surface area contributed by atoms with Gasteiger partial charge in [0.15, 0.2) is 11.5 Å². The van der Waals surface area contributed by atoms with Gasteiger partial charge >= 0.3 is 0 Å². The van der Waals surface area contributed by atoms with Crippen molar-refractivity contribution < 1.29 is 14.6 Å². The summed E-state index contributed by atoms with van der Waals surface area (Å²) in [6, 6.07) is 0. The molecule has 1 aromatic rings. The van der Waals surface area contributed by atoms with Crippen molar-refractivity contribution in [1.29, 1.82) is 0 Å². The second-order valence-corrected chi connectivity index (χ2v) is 8.10. The number of aliphatic hydroxyl groups excluding tert-OH is 1. The number of piperidine rings is 1. The third kappa shape index (κ3) is 4.99. The summed E-state index contributed by atoms with van der Waals surface area (Å²) in [7, 11) is 1.63. The molecule has 1 aliphatic rings. The number of ether oxygens (including phenoxy) is 2. The van der Waals surface area contributed by atoms with Crippen LogP contribution < -0.4 is 9.47 Å². The van der Waals surface area contributed by atoms with Crippen LogP contribution in [0.4, 0.5) is 0 Å². The normalized spacial score (nSPS) is 21.3. The number of methoxy groups -OCH3 is 1. The fourth-order valence-electron chi connectivity index (χ4n) is 3.51. The second kappa shape index (κ2) is 8.06. The predicted octanol–water partition coefficient (Wildman–Crippen LogP) is 3.96. The van der Waals surface area contributed by atoms with E-state index in [1.54, 1.807) is 7.11 Å². The minimum atomic E-state index is -0.513. The minimum Gasteiger partial charge on any atom is -0.492 e. The monoisotopic (exact) mass is 363 g/mol. The summed E-state index contributed by atoms with van der Waals surface area (Å²) in [6.07, 6.45) is 3.07. The molecule has 2 heterocycles. The standard InChI is InChI=1S/C17H29NO3S.ClH/c1-16(2)7-6-8-17(3,4)18(16)9-13(19)10-21-15-12-22-11-14(15)20-5;/h11-13,19H,6-10H2,1-5H3;1H. The molecule has 23 heavy (non-hydrogen) atoms. The topological polar surface area (TPSA) is 41.9 Å². The Morgan fingerprint density at radius 3 is 2.30 bits per heavy atom. The highest BCUT2D eigenvalue weighted by molar-refractivity contribution is 7.08. The molecule has 1 aliphatic heterocycles. The molecule has 1 saturated heterocycles. The van der Waals surface area contributed by atoms with Gasteiger partial charge in [0.05, 0.1) is 7.11 Å². The lowest BCUT2D eigenvalue weighted by Gasteiger charge is -2.53. The van der Waals surface area contributed by atoms with Crippen LogP contribution in [0.3, 0.4) is 0 Å². The van der Waals surface area contributed by atoms with Gasteiger partial charge in [-0.2, -0.15) is 0 Å². The van der Waals surface area contributed by atoms with Crippen LogP contribution in [0, 0.1) is 0 Å². The lowest BCUT2D eigenvalue weighted by molar-refractivity contribution is -0.0607. The van der Waals surface area contributed by atoms with Gasteiger partial charge in [0.2, 0.25) is 0 Å². The first-order valence-corrected chi connectivity index (χ1v) is 8.89. The first-order valence-electron chi connectivity index (χ1n) is 7.95.